The zero-order valence-corrected chi connectivity index (χ0v) is 14.7. The number of rotatable bonds is 9. The Kier molecular flexibility index (Phi) is 5.87. The average molecular weight is 344 g/mol. The van der Waals surface area contributed by atoms with Gasteiger partial charge in [-0.1, -0.05) is 12.1 Å². The van der Waals surface area contributed by atoms with Gasteiger partial charge >= 0.3 is 0 Å². The van der Waals surface area contributed by atoms with Crippen molar-refractivity contribution in [3.63, 3.8) is 0 Å². The number of ether oxygens (including phenoxy) is 1. The Hall–Kier alpha value is -2.14. The lowest BCUT2D eigenvalue weighted by atomic mass is 10.2. The van der Waals surface area contributed by atoms with Crippen LogP contribution >= 0.6 is 0 Å². The number of carbonyl (C=O) groups is 1. The molecule has 1 aromatic carbocycles. The fourth-order valence-electron chi connectivity index (χ4n) is 3.03. The normalized spacial score (nSPS) is 13.8. The lowest BCUT2D eigenvalue weighted by molar-refractivity contribution is -0.133. The highest BCUT2D eigenvalue weighted by molar-refractivity contribution is 5.81. The van der Waals surface area contributed by atoms with Crippen molar-refractivity contribution in [3.05, 3.63) is 59.7 Å². The molecule has 0 saturated heterocycles. The molecule has 0 aliphatic heterocycles. The van der Waals surface area contributed by atoms with Crippen molar-refractivity contribution in [1.29, 1.82) is 0 Å². The highest BCUT2D eigenvalue weighted by Gasteiger charge is 2.33. The number of nitrogens with zero attached hydrogens (tertiary/aromatic N) is 2. The van der Waals surface area contributed by atoms with E-state index in [2.05, 4.69) is 4.57 Å². The van der Waals surface area contributed by atoms with Gasteiger partial charge in [-0.25, -0.2) is 4.39 Å². The van der Waals surface area contributed by atoms with Crippen LogP contribution in [0.25, 0.3) is 0 Å². The van der Waals surface area contributed by atoms with Crippen LogP contribution in [0.15, 0.2) is 42.6 Å². The highest BCUT2D eigenvalue weighted by atomic mass is 19.1. The van der Waals surface area contributed by atoms with Crippen LogP contribution in [0.2, 0.25) is 0 Å². The number of hydrogen-bond acceptors (Lipinski definition) is 2. The van der Waals surface area contributed by atoms with Crippen molar-refractivity contribution in [3.8, 4) is 0 Å². The van der Waals surface area contributed by atoms with E-state index in [0.29, 0.717) is 26.2 Å². The number of methoxy groups -OCH3 is 1. The van der Waals surface area contributed by atoms with Gasteiger partial charge in [-0.05, 0) is 49.1 Å². The molecule has 0 unspecified atom stereocenters. The minimum absolute atomic E-state index is 0.203. The second kappa shape index (κ2) is 8.30. The zero-order valence-electron chi connectivity index (χ0n) is 14.7. The van der Waals surface area contributed by atoms with Gasteiger partial charge < -0.3 is 14.2 Å². The van der Waals surface area contributed by atoms with Gasteiger partial charge in [-0.3, -0.25) is 4.79 Å². The van der Waals surface area contributed by atoms with Crippen molar-refractivity contribution in [2.24, 2.45) is 5.92 Å². The summed E-state index contributed by atoms with van der Waals surface area (Å²) in [5, 5.41) is 0. The molecule has 1 aliphatic rings. The van der Waals surface area contributed by atoms with E-state index in [4.69, 9.17) is 4.74 Å². The fraction of sp³-hybridized carbons (Fsp3) is 0.450. The average Bonchev–Trinajstić information content (AvgIpc) is 3.36. The monoisotopic (exact) mass is 344 g/mol. The summed E-state index contributed by atoms with van der Waals surface area (Å²) in [5.41, 5.74) is 1.98. The van der Waals surface area contributed by atoms with E-state index >= 15 is 0 Å². The van der Waals surface area contributed by atoms with E-state index in [0.717, 1.165) is 30.5 Å². The van der Waals surface area contributed by atoms with Gasteiger partial charge in [0.1, 0.15) is 5.82 Å². The summed E-state index contributed by atoms with van der Waals surface area (Å²) in [6.45, 7) is 2.54. The van der Waals surface area contributed by atoms with Gasteiger partial charge in [0.15, 0.2) is 0 Å². The maximum atomic E-state index is 13.4. The summed E-state index contributed by atoms with van der Waals surface area (Å²) in [5.74, 6) is 0.222. The molecule has 1 heterocycles. The highest BCUT2D eigenvalue weighted by Crippen LogP contribution is 2.31. The summed E-state index contributed by atoms with van der Waals surface area (Å²) in [6, 6.07) is 10.6. The van der Waals surface area contributed by atoms with Crippen molar-refractivity contribution in [1.82, 2.24) is 9.47 Å². The van der Waals surface area contributed by atoms with Crippen LogP contribution in [-0.4, -0.2) is 35.6 Å². The maximum Gasteiger partial charge on any atom is 0.226 e. The predicted octanol–water partition coefficient (Wildman–Crippen LogP) is 3.45. The molecule has 0 spiro atoms. The molecule has 2 aromatic rings. The number of amides is 1. The molecule has 0 atom stereocenters. The lowest BCUT2D eigenvalue weighted by Crippen LogP contribution is -2.34. The van der Waals surface area contributed by atoms with Crippen LogP contribution in [0, 0.1) is 11.7 Å². The first-order valence-corrected chi connectivity index (χ1v) is 8.83. The van der Waals surface area contributed by atoms with E-state index < -0.39 is 0 Å². The number of benzene rings is 1. The SMILES string of the molecule is COCCCN(Cc1cccn1Cc1cccc(F)c1)C(=O)C1CC1. The van der Waals surface area contributed by atoms with Crippen LogP contribution in [0.5, 0.6) is 0 Å². The number of hydrogen-bond donors (Lipinski definition) is 0. The summed E-state index contributed by atoms with van der Waals surface area (Å²) in [6.07, 6.45) is 4.82. The summed E-state index contributed by atoms with van der Waals surface area (Å²) in [4.78, 5) is 14.5. The van der Waals surface area contributed by atoms with Crippen molar-refractivity contribution < 1.29 is 13.9 Å². The van der Waals surface area contributed by atoms with Gasteiger partial charge in [0.25, 0.3) is 0 Å². The molecule has 25 heavy (non-hydrogen) atoms. The van der Waals surface area contributed by atoms with Crippen LogP contribution in [0.1, 0.15) is 30.5 Å². The van der Waals surface area contributed by atoms with Crippen LogP contribution in [0.3, 0.4) is 0 Å². The molecular weight excluding hydrogens is 319 g/mol. The molecule has 0 N–H and O–H groups in total. The van der Waals surface area contributed by atoms with Crippen molar-refractivity contribution in [2.45, 2.75) is 32.4 Å². The zero-order chi connectivity index (χ0) is 17.6. The number of carbonyl (C=O) groups excluding carboxylic acids is 1. The molecular formula is C20H25FN2O2. The Morgan fingerprint density at radius 1 is 1.32 bits per heavy atom. The minimum Gasteiger partial charge on any atom is -0.385 e. The Morgan fingerprint density at radius 3 is 2.88 bits per heavy atom. The second-order valence-electron chi connectivity index (χ2n) is 6.64. The van der Waals surface area contributed by atoms with E-state index in [1.807, 2.05) is 29.3 Å². The first-order chi connectivity index (χ1) is 12.2. The summed E-state index contributed by atoms with van der Waals surface area (Å²) in [7, 11) is 1.68. The van der Waals surface area contributed by atoms with Gasteiger partial charge in [0.2, 0.25) is 5.91 Å². The topological polar surface area (TPSA) is 34.5 Å². The largest absolute Gasteiger partial charge is 0.385 e. The Balaban J connectivity index is 1.69. The second-order valence-corrected chi connectivity index (χ2v) is 6.64. The van der Waals surface area contributed by atoms with E-state index in [1.54, 1.807) is 19.2 Å². The van der Waals surface area contributed by atoms with Crippen LogP contribution in [0.4, 0.5) is 4.39 Å². The molecule has 134 valence electrons. The minimum atomic E-state index is -0.226. The Bertz CT molecular complexity index is 709. The molecule has 5 heteroatoms. The van der Waals surface area contributed by atoms with Crippen molar-refractivity contribution >= 4 is 5.91 Å². The first-order valence-electron chi connectivity index (χ1n) is 8.83. The third-order valence-corrected chi connectivity index (χ3v) is 4.53. The summed E-state index contributed by atoms with van der Waals surface area (Å²) < 4.78 is 20.6. The standard InChI is InChI=1S/C20H25FN2O2/c1-25-12-4-11-23(20(24)17-8-9-17)15-19-7-3-10-22(19)14-16-5-2-6-18(21)13-16/h2-3,5-7,10,13,17H,4,8-9,11-12,14-15H2,1H3. The van der Waals surface area contributed by atoms with Gasteiger partial charge in [0, 0.05) is 44.6 Å². The van der Waals surface area contributed by atoms with E-state index in [1.165, 1.54) is 6.07 Å². The quantitative estimate of drug-likeness (QED) is 0.653. The molecule has 4 nitrogen and oxygen atoms in total. The maximum absolute atomic E-state index is 13.4. The fourth-order valence-corrected chi connectivity index (χ4v) is 3.03. The predicted molar refractivity (Wildman–Crippen MR) is 94.6 cm³/mol. The third-order valence-electron chi connectivity index (χ3n) is 4.53. The smallest absolute Gasteiger partial charge is 0.226 e. The number of aromatic nitrogens is 1. The Morgan fingerprint density at radius 2 is 2.16 bits per heavy atom. The summed E-state index contributed by atoms with van der Waals surface area (Å²) >= 11 is 0. The first kappa shape index (κ1) is 17.7. The molecule has 1 fully saturated rings. The molecule has 1 saturated carbocycles. The van der Waals surface area contributed by atoms with Crippen LogP contribution < -0.4 is 0 Å². The lowest BCUT2D eigenvalue weighted by Gasteiger charge is -2.23. The molecule has 1 aromatic heterocycles. The van der Waals surface area contributed by atoms with Gasteiger partial charge in [-0.2, -0.15) is 0 Å². The molecule has 1 aliphatic carbocycles. The van der Waals surface area contributed by atoms with E-state index in [-0.39, 0.29) is 17.6 Å². The molecule has 1 amide bonds. The molecule has 0 radical (unpaired) electrons. The van der Waals surface area contributed by atoms with E-state index in [9.17, 15) is 9.18 Å². The number of halogens is 1. The molecule has 3 rings (SSSR count). The van der Waals surface area contributed by atoms with Gasteiger partial charge in [-0.15, -0.1) is 0 Å². The Labute approximate surface area is 148 Å². The van der Waals surface area contributed by atoms with Crippen molar-refractivity contribution in [2.75, 3.05) is 20.3 Å². The third kappa shape index (κ3) is 4.92. The molecule has 0 bridgehead atoms. The van der Waals surface area contributed by atoms with Crippen LogP contribution in [-0.2, 0) is 22.6 Å². The van der Waals surface area contributed by atoms with Gasteiger partial charge in [0.05, 0.1) is 6.54 Å².